The summed E-state index contributed by atoms with van der Waals surface area (Å²) in [5.41, 5.74) is 1.52. The Kier molecular flexibility index (Phi) is 4.59. The van der Waals surface area contributed by atoms with E-state index in [0.29, 0.717) is 22.0 Å². The Morgan fingerprint density at radius 1 is 1.33 bits per heavy atom. The van der Waals surface area contributed by atoms with Crippen LogP contribution in [0.4, 0.5) is 0 Å². The van der Waals surface area contributed by atoms with Crippen LogP contribution in [0, 0.1) is 0 Å². The van der Waals surface area contributed by atoms with Gasteiger partial charge in [0.25, 0.3) is 5.56 Å². The molecule has 2 heterocycles. The molecular weight excluding hydrogens is 353 g/mol. The lowest BCUT2D eigenvalue weighted by molar-refractivity contribution is 0.0529. The number of carbonyl (C=O) groups excluding carboxylic acids is 1. The van der Waals surface area contributed by atoms with Gasteiger partial charge in [-0.25, -0.2) is 4.79 Å². The topological polar surface area (TPSA) is 76.5 Å². The molecule has 0 amide bonds. The molecule has 6 nitrogen and oxygen atoms in total. The average molecular weight is 366 g/mol. The highest BCUT2D eigenvalue weighted by atomic mass is 35.5. The molecule has 24 heavy (non-hydrogen) atoms. The Balaban J connectivity index is 2.33. The SMILES string of the molecule is CCOC(=O)c1c(-c2ccc(Cl)cc2)nn2c(=O)cc(CCl)[nH]c12. The molecule has 0 aliphatic rings. The van der Waals surface area contributed by atoms with E-state index < -0.39 is 5.97 Å². The molecule has 0 unspecified atom stereocenters. The molecule has 0 aliphatic carbocycles. The molecule has 0 aliphatic heterocycles. The lowest BCUT2D eigenvalue weighted by Crippen LogP contribution is -2.16. The van der Waals surface area contributed by atoms with E-state index in [4.69, 9.17) is 27.9 Å². The van der Waals surface area contributed by atoms with Crippen LogP contribution in [0.3, 0.4) is 0 Å². The average Bonchev–Trinajstić information content (AvgIpc) is 2.95. The summed E-state index contributed by atoms with van der Waals surface area (Å²) in [6.07, 6.45) is 0. The van der Waals surface area contributed by atoms with Gasteiger partial charge in [-0.2, -0.15) is 9.61 Å². The molecule has 0 spiro atoms. The number of nitrogens with one attached hydrogen (secondary N) is 1. The zero-order valence-corrected chi connectivity index (χ0v) is 14.2. The molecule has 3 aromatic rings. The summed E-state index contributed by atoms with van der Waals surface area (Å²) < 4.78 is 6.25. The van der Waals surface area contributed by atoms with Crippen LogP contribution >= 0.6 is 23.2 Å². The maximum absolute atomic E-state index is 12.4. The molecule has 2 aromatic heterocycles. The summed E-state index contributed by atoms with van der Waals surface area (Å²) in [4.78, 5) is 27.6. The van der Waals surface area contributed by atoms with E-state index in [1.165, 1.54) is 6.07 Å². The first-order chi connectivity index (χ1) is 11.5. The van der Waals surface area contributed by atoms with Crippen molar-refractivity contribution in [2.24, 2.45) is 0 Å². The summed E-state index contributed by atoms with van der Waals surface area (Å²) in [6.45, 7) is 1.91. The molecule has 124 valence electrons. The Hall–Kier alpha value is -2.31. The van der Waals surface area contributed by atoms with Crippen LogP contribution in [0.5, 0.6) is 0 Å². The molecule has 8 heteroatoms. The van der Waals surface area contributed by atoms with Crippen LogP contribution in [-0.2, 0) is 10.6 Å². The standard InChI is InChI=1S/C16H13Cl2N3O3/c1-2-24-16(23)13-14(9-3-5-10(18)6-4-9)20-21-12(22)7-11(8-17)19-15(13)21/h3-7,19H,2,8H2,1H3. The van der Waals surface area contributed by atoms with Crippen LogP contribution in [0.25, 0.3) is 16.9 Å². The van der Waals surface area contributed by atoms with Gasteiger partial charge in [-0.1, -0.05) is 23.7 Å². The van der Waals surface area contributed by atoms with E-state index in [1.54, 1.807) is 31.2 Å². The third kappa shape index (κ3) is 2.90. The highest BCUT2D eigenvalue weighted by molar-refractivity contribution is 6.30. The third-order valence-electron chi connectivity index (χ3n) is 3.41. The van der Waals surface area contributed by atoms with E-state index >= 15 is 0 Å². The summed E-state index contributed by atoms with van der Waals surface area (Å²) in [7, 11) is 0. The molecule has 0 radical (unpaired) electrons. The van der Waals surface area contributed by atoms with Crippen molar-refractivity contribution in [2.75, 3.05) is 6.61 Å². The number of halogens is 2. The Bertz CT molecular complexity index is 961. The van der Waals surface area contributed by atoms with Crippen molar-refractivity contribution in [1.82, 2.24) is 14.6 Å². The number of ether oxygens (including phenoxy) is 1. The number of fused-ring (bicyclic) bond motifs is 1. The van der Waals surface area contributed by atoms with E-state index in [2.05, 4.69) is 10.1 Å². The number of aromatic nitrogens is 3. The van der Waals surface area contributed by atoms with Gasteiger partial charge in [0.05, 0.1) is 12.5 Å². The van der Waals surface area contributed by atoms with Crippen molar-refractivity contribution in [1.29, 1.82) is 0 Å². The molecule has 0 saturated heterocycles. The predicted octanol–water partition coefficient (Wildman–Crippen LogP) is 3.26. The molecule has 0 saturated carbocycles. The van der Waals surface area contributed by atoms with Crippen molar-refractivity contribution in [3.05, 3.63) is 57.0 Å². The zero-order chi connectivity index (χ0) is 17.3. The molecule has 0 atom stereocenters. The van der Waals surface area contributed by atoms with Gasteiger partial charge in [0.1, 0.15) is 11.3 Å². The largest absolute Gasteiger partial charge is 0.462 e. The van der Waals surface area contributed by atoms with Crippen molar-refractivity contribution >= 4 is 34.8 Å². The maximum atomic E-state index is 12.4. The minimum atomic E-state index is -0.570. The number of alkyl halides is 1. The van der Waals surface area contributed by atoms with Crippen molar-refractivity contribution < 1.29 is 9.53 Å². The second-order valence-corrected chi connectivity index (χ2v) is 5.68. The van der Waals surface area contributed by atoms with Gasteiger partial charge in [-0.05, 0) is 19.1 Å². The normalized spacial score (nSPS) is 11.0. The number of esters is 1. The highest BCUT2D eigenvalue weighted by Crippen LogP contribution is 2.27. The molecule has 0 bridgehead atoms. The quantitative estimate of drug-likeness (QED) is 0.568. The van der Waals surface area contributed by atoms with Crippen molar-refractivity contribution in [3.63, 3.8) is 0 Å². The van der Waals surface area contributed by atoms with Crippen molar-refractivity contribution in [2.45, 2.75) is 12.8 Å². The first kappa shape index (κ1) is 16.5. The Labute approximate surface area is 147 Å². The van der Waals surface area contributed by atoms with Gasteiger partial charge >= 0.3 is 5.97 Å². The predicted molar refractivity (Wildman–Crippen MR) is 91.8 cm³/mol. The summed E-state index contributed by atoms with van der Waals surface area (Å²) >= 11 is 11.7. The second kappa shape index (κ2) is 6.67. The number of hydrogen-bond donors (Lipinski definition) is 1. The first-order valence-electron chi connectivity index (χ1n) is 7.19. The van der Waals surface area contributed by atoms with Crippen LogP contribution in [0.15, 0.2) is 35.1 Å². The number of nitrogens with zero attached hydrogens (tertiary/aromatic N) is 2. The molecule has 3 rings (SSSR count). The second-order valence-electron chi connectivity index (χ2n) is 4.98. The van der Waals surface area contributed by atoms with Crippen LogP contribution < -0.4 is 5.56 Å². The van der Waals surface area contributed by atoms with Crippen LogP contribution in [-0.4, -0.2) is 27.2 Å². The van der Waals surface area contributed by atoms with Crippen LogP contribution in [0.2, 0.25) is 5.02 Å². The number of H-pyrrole nitrogens is 1. The number of rotatable bonds is 4. The van der Waals surface area contributed by atoms with E-state index in [-0.39, 0.29) is 29.3 Å². The van der Waals surface area contributed by atoms with Crippen molar-refractivity contribution in [3.8, 4) is 11.3 Å². The fraction of sp³-hybridized carbons (Fsp3) is 0.188. The third-order valence-corrected chi connectivity index (χ3v) is 3.95. The minimum absolute atomic E-state index is 0.107. The number of benzene rings is 1. The maximum Gasteiger partial charge on any atom is 0.344 e. The summed E-state index contributed by atoms with van der Waals surface area (Å²) in [6, 6.07) is 8.15. The Morgan fingerprint density at radius 2 is 2.04 bits per heavy atom. The van der Waals surface area contributed by atoms with Gasteiger partial charge in [0.2, 0.25) is 0 Å². The smallest absolute Gasteiger partial charge is 0.344 e. The van der Waals surface area contributed by atoms with Gasteiger partial charge in [-0.3, -0.25) is 4.79 Å². The van der Waals surface area contributed by atoms with Gasteiger partial charge in [0, 0.05) is 22.3 Å². The zero-order valence-electron chi connectivity index (χ0n) is 12.7. The monoisotopic (exact) mass is 365 g/mol. The number of hydrogen-bond acceptors (Lipinski definition) is 4. The van der Waals surface area contributed by atoms with Gasteiger partial charge in [0.15, 0.2) is 5.65 Å². The summed E-state index contributed by atoms with van der Waals surface area (Å²) in [5, 5.41) is 4.83. The molecular formula is C16H13Cl2N3O3. The lowest BCUT2D eigenvalue weighted by Gasteiger charge is -2.04. The summed E-state index contributed by atoms with van der Waals surface area (Å²) in [5.74, 6) is -0.463. The fourth-order valence-electron chi connectivity index (χ4n) is 2.37. The molecule has 0 fully saturated rings. The molecule has 1 N–H and O–H groups in total. The van der Waals surface area contributed by atoms with E-state index in [0.717, 1.165) is 4.52 Å². The van der Waals surface area contributed by atoms with E-state index in [9.17, 15) is 9.59 Å². The van der Waals surface area contributed by atoms with E-state index in [1.807, 2.05) is 0 Å². The van der Waals surface area contributed by atoms with Gasteiger partial charge < -0.3 is 9.72 Å². The minimum Gasteiger partial charge on any atom is -0.462 e. The van der Waals surface area contributed by atoms with Gasteiger partial charge in [-0.15, -0.1) is 11.6 Å². The Morgan fingerprint density at radius 3 is 2.67 bits per heavy atom. The first-order valence-corrected chi connectivity index (χ1v) is 8.10. The molecule has 1 aromatic carbocycles. The lowest BCUT2D eigenvalue weighted by atomic mass is 10.1. The number of aromatic amines is 1. The highest BCUT2D eigenvalue weighted by Gasteiger charge is 2.24. The fourth-order valence-corrected chi connectivity index (χ4v) is 2.64. The number of carbonyl (C=O) groups is 1. The van der Waals surface area contributed by atoms with Crippen LogP contribution in [0.1, 0.15) is 23.0 Å².